The topological polar surface area (TPSA) is 134 Å². The van der Waals surface area contributed by atoms with E-state index in [0.717, 1.165) is 65.3 Å². The Hall–Kier alpha value is -4.40. The Morgan fingerprint density at radius 3 is 2.05 bits per heavy atom. The summed E-state index contributed by atoms with van der Waals surface area (Å²) >= 11 is 0. The van der Waals surface area contributed by atoms with Gasteiger partial charge in [0.2, 0.25) is 0 Å². The van der Waals surface area contributed by atoms with Gasteiger partial charge in [0, 0.05) is 44.6 Å². The van der Waals surface area contributed by atoms with Gasteiger partial charge in [-0.2, -0.15) is 0 Å². The van der Waals surface area contributed by atoms with Gasteiger partial charge < -0.3 is 30.8 Å². The number of unbranched alkanes of at least 4 members (excludes halogenated alkanes) is 1. The third-order valence-electron chi connectivity index (χ3n) is 6.38. The summed E-state index contributed by atoms with van der Waals surface area (Å²) in [7, 11) is 1.97. The van der Waals surface area contributed by atoms with E-state index in [1.807, 2.05) is 33.0 Å². The Bertz CT molecular complexity index is 1310. The van der Waals surface area contributed by atoms with Crippen LogP contribution in [0.4, 0.5) is 5.69 Å². The zero-order valence-corrected chi connectivity index (χ0v) is 25.6. The van der Waals surface area contributed by atoms with E-state index in [9.17, 15) is 9.59 Å². The first-order chi connectivity index (χ1) is 20.4. The summed E-state index contributed by atoms with van der Waals surface area (Å²) in [5, 5.41) is 14.8. The molecule has 1 aliphatic rings. The molecule has 9 nitrogen and oxygen atoms in total. The van der Waals surface area contributed by atoms with Crippen molar-refractivity contribution in [3.05, 3.63) is 66.2 Å². The molecule has 5 N–H and O–H groups in total. The standard InChI is InChI=1S/C26H32N6.C5H8O3.C2H6/c1-18(2)32-23(19-12-6-4-7-13-19)21(25-29-16-10-11-17-30-26(27)31-25)22(28-3)24(32)20-14-8-5-9-15-20;6-4-2-1-3-5(7)8;1-2/h4-9,12-15,18,28H,10-11,16-17H2,1-3H3,(H3,27,29,30,31);4H,1-3H2,(H,7,8);1-2H3. The lowest BCUT2D eigenvalue weighted by Gasteiger charge is -2.19. The van der Waals surface area contributed by atoms with E-state index < -0.39 is 5.97 Å². The highest BCUT2D eigenvalue weighted by atomic mass is 16.4. The molecule has 1 aromatic heterocycles. The van der Waals surface area contributed by atoms with Crippen LogP contribution in [0.1, 0.15) is 71.4 Å². The number of guanidine groups is 1. The maximum Gasteiger partial charge on any atom is 0.303 e. The first-order valence-electron chi connectivity index (χ1n) is 14.7. The van der Waals surface area contributed by atoms with Gasteiger partial charge in [-0.3, -0.25) is 14.8 Å². The molecule has 0 saturated carbocycles. The average molecular weight is 575 g/mol. The zero-order valence-electron chi connectivity index (χ0n) is 25.6. The minimum atomic E-state index is -0.841. The second-order valence-electron chi connectivity index (χ2n) is 9.68. The number of carbonyl (C=O) groups is 2. The van der Waals surface area contributed by atoms with Crippen LogP contribution in [0.15, 0.2) is 70.6 Å². The minimum absolute atomic E-state index is 0.0960. The molecule has 0 spiro atoms. The Labute approximate surface area is 250 Å². The first-order valence-corrected chi connectivity index (χ1v) is 14.7. The number of aliphatic carboxylic acids is 1. The van der Waals surface area contributed by atoms with Crippen LogP contribution in [0, 0.1) is 0 Å². The van der Waals surface area contributed by atoms with Crippen molar-refractivity contribution in [3.8, 4) is 22.5 Å². The van der Waals surface area contributed by atoms with Crippen molar-refractivity contribution in [1.82, 2.24) is 9.88 Å². The van der Waals surface area contributed by atoms with Crippen molar-refractivity contribution in [2.45, 2.75) is 65.8 Å². The van der Waals surface area contributed by atoms with Gasteiger partial charge in [-0.15, -0.1) is 0 Å². The molecule has 1 aliphatic heterocycles. The van der Waals surface area contributed by atoms with Gasteiger partial charge in [-0.05, 0) is 38.7 Å². The summed E-state index contributed by atoms with van der Waals surface area (Å²) in [5.41, 5.74) is 12.8. The smallest absolute Gasteiger partial charge is 0.303 e. The van der Waals surface area contributed by atoms with Crippen molar-refractivity contribution in [2.75, 3.05) is 25.5 Å². The number of benzene rings is 2. The maximum absolute atomic E-state index is 9.76. The molecule has 0 radical (unpaired) electrons. The Balaban J connectivity index is 0.000000535. The van der Waals surface area contributed by atoms with E-state index in [0.29, 0.717) is 25.3 Å². The quantitative estimate of drug-likeness (QED) is 0.174. The van der Waals surface area contributed by atoms with Gasteiger partial charge in [0.1, 0.15) is 12.1 Å². The normalized spacial score (nSPS) is 12.9. The van der Waals surface area contributed by atoms with Crippen LogP contribution in [-0.2, 0) is 9.59 Å². The number of hydrogen-bond donors (Lipinski definition) is 4. The highest BCUT2D eigenvalue weighted by molar-refractivity contribution is 6.17. The average Bonchev–Trinajstić information content (AvgIpc) is 3.40. The molecule has 9 heteroatoms. The molecule has 42 heavy (non-hydrogen) atoms. The second-order valence-corrected chi connectivity index (χ2v) is 9.68. The summed E-state index contributed by atoms with van der Waals surface area (Å²) in [6.07, 6.45) is 3.59. The number of nitrogens with zero attached hydrogens (tertiary/aromatic N) is 3. The second kappa shape index (κ2) is 18.1. The molecule has 0 aliphatic carbocycles. The van der Waals surface area contributed by atoms with Crippen LogP contribution in [0.5, 0.6) is 0 Å². The van der Waals surface area contributed by atoms with E-state index in [1.54, 1.807) is 0 Å². The number of aromatic nitrogens is 1. The van der Waals surface area contributed by atoms with Crippen LogP contribution in [-0.4, -0.2) is 53.9 Å². The summed E-state index contributed by atoms with van der Waals surface area (Å²) in [6, 6.07) is 21.2. The highest BCUT2D eigenvalue weighted by Gasteiger charge is 2.29. The Kier molecular flexibility index (Phi) is 14.6. The number of aldehydes is 1. The largest absolute Gasteiger partial charge is 0.481 e. The fourth-order valence-corrected chi connectivity index (χ4v) is 4.63. The molecule has 2 heterocycles. The summed E-state index contributed by atoms with van der Waals surface area (Å²) in [6.45, 7) is 9.89. The van der Waals surface area contributed by atoms with Crippen molar-refractivity contribution in [2.24, 2.45) is 15.7 Å². The van der Waals surface area contributed by atoms with E-state index in [1.165, 1.54) is 0 Å². The number of hydrogen-bond acceptors (Lipinski definition) is 7. The van der Waals surface area contributed by atoms with E-state index in [2.05, 4.69) is 82.6 Å². The van der Waals surface area contributed by atoms with Crippen LogP contribution in [0.3, 0.4) is 0 Å². The van der Waals surface area contributed by atoms with Crippen LogP contribution in [0.25, 0.3) is 22.5 Å². The van der Waals surface area contributed by atoms with Crippen molar-refractivity contribution >= 4 is 29.7 Å². The van der Waals surface area contributed by atoms with Crippen molar-refractivity contribution in [1.29, 1.82) is 0 Å². The summed E-state index contributed by atoms with van der Waals surface area (Å²) < 4.78 is 2.40. The molecule has 3 aromatic rings. The van der Waals surface area contributed by atoms with Crippen LogP contribution in [0.2, 0.25) is 0 Å². The number of carbonyl (C=O) groups excluding carboxylic acids is 1. The molecule has 0 bridgehead atoms. The molecule has 0 fully saturated rings. The van der Waals surface area contributed by atoms with Gasteiger partial charge in [0.05, 0.1) is 22.6 Å². The molecule has 4 rings (SSSR count). The summed E-state index contributed by atoms with van der Waals surface area (Å²) in [4.78, 5) is 28.8. The Morgan fingerprint density at radius 2 is 1.55 bits per heavy atom. The third kappa shape index (κ3) is 9.33. The van der Waals surface area contributed by atoms with Crippen molar-refractivity contribution in [3.63, 3.8) is 0 Å². The number of aliphatic imine (C=N–C) groups is 2. The predicted molar refractivity (Wildman–Crippen MR) is 174 cm³/mol. The molecular weight excluding hydrogens is 528 g/mol. The monoisotopic (exact) mass is 574 g/mol. The highest BCUT2D eigenvalue weighted by Crippen LogP contribution is 2.43. The number of anilines is 1. The van der Waals surface area contributed by atoms with Gasteiger partial charge in [0.25, 0.3) is 0 Å². The molecule has 0 atom stereocenters. The lowest BCUT2D eigenvalue weighted by molar-refractivity contribution is -0.137. The molecule has 0 unspecified atom stereocenters. The lowest BCUT2D eigenvalue weighted by Crippen LogP contribution is -2.38. The molecule has 226 valence electrons. The van der Waals surface area contributed by atoms with Gasteiger partial charge in [-0.1, -0.05) is 74.5 Å². The Morgan fingerprint density at radius 1 is 1.00 bits per heavy atom. The summed E-state index contributed by atoms with van der Waals surface area (Å²) in [5.74, 6) is 0.324. The number of nitrogens with two attached hydrogens (primary N) is 1. The van der Waals surface area contributed by atoms with Gasteiger partial charge in [-0.25, -0.2) is 0 Å². The van der Waals surface area contributed by atoms with E-state index >= 15 is 0 Å². The number of carboxylic acids is 1. The van der Waals surface area contributed by atoms with E-state index in [-0.39, 0.29) is 12.5 Å². The van der Waals surface area contributed by atoms with Gasteiger partial charge >= 0.3 is 5.97 Å². The molecule has 2 aromatic carbocycles. The fraction of sp³-hybridized carbons (Fsp3) is 0.394. The van der Waals surface area contributed by atoms with Gasteiger partial charge in [0.15, 0.2) is 5.96 Å². The number of rotatable bonds is 9. The van der Waals surface area contributed by atoms with Crippen LogP contribution >= 0.6 is 0 Å². The first kappa shape index (κ1) is 33.8. The molecular formula is C33H46N6O3. The fourth-order valence-electron chi connectivity index (χ4n) is 4.63. The van der Waals surface area contributed by atoms with Crippen LogP contribution < -0.4 is 16.4 Å². The molecule has 0 amide bonds. The SMILES string of the molecule is CC.CNc1c(C2=NCCCCN=C(N)N2)c(-c2ccccc2)n(C(C)C)c1-c1ccccc1.O=CCCCC(=O)O. The number of carboxylic acid groups (broad SMARTS) is 1. The number of amidine groups is 1. The van der Waals surface area contributed by atoms with Crippen molar-refractivity contribution < 1.29 is 14.7 Å². The lowest BCUT2D eigenvalue weighted by atomic mass is 10.0. The number of nitrogens with one attached hydrogen (secondary N) is 2. The predicted octanol–water partition coefficient (Wildman–Crippen LogP) is 6.36. The van der Waals surface area contributed by atoms with E-state index in [4.69, 9.17) is 15.8 Å². The molecule has 0 saturated heterocycles. The zero-order chi connectivity index (χ0) is 30.9. The minimum Gasteiger partial charge on any atom is -0.481 e. The maximum atomic E-state index is 9.76. The third-order valence-corrected chi connectivity index (χ3v) is 6.38.